The van der Waals surface area contributed by atoms with E-state index < -0.39 is 23.8 Å². The quantitative estimate of drug-likeness (QED) is 0.884. The normalized spacial score (nSPS) is 20.4. The fourth-order valence-electron chi connectivity index (χ4n) is 1.83. The molecule has 0 aliphatic carbocycles. The molecule has 0 spiro atoms. The Morgan fingerprint density at radius 1 is 1.53 bits per heavy atom. The molecule has 0 amide bonds. The second-order valence-corrected chi connectivity index (χ2v) is 4.02. The van der Waals surface area contributed by atoms with Crippen molar-refractivity contribution >= 4 is 11.8 Å². The van der Waals surface area contributed by atoms with Gasteiger partial charge in [-0.25, -0.2) is 9.78 Å². The van der Waals surface area contributed by atoms with Crippen LogP contribution in [0.15, 0.2) is 18.3 Å². The Morgan fingerprint density at radius 3 is 2.89 bits per heavy atom. The number of anilines is 1. The van der Waals surface area contributed by atoms with E-state index >= 15 is 0 Å². The molecule has 1 aliphatic heterocycles. The second kappa shape index (κ2) is 5.04. The molecule has 2 heterocycles. The summed E-state index contributed by atoms with van der Waals surface area (Å²) in [5.41, 5.74) is -0.854. The van der Waals surface area contributed by atoms with Crippen LogP contribution in [0.3, 0.4) is 0 Å². The third-order valence-corrected chi connectivity index (χ3v) is 2.78. The van der Waals surface area contributed by atoms with Crippen LogP contribution in [0.4, 0.5) is 19.0 Å². The van der Waals surface area contributed by atoms with Crippen LogP contribution in [0, 0.1) is 0 Å². The first-order valence-corrected chi connectivity index (χ1v) is 5.50. The highest BCUT2D eigenvalue weighted by atomic mass is 19.4. The van der Waals surface area contributed by atoms with E-state index in [2.05, 4.69) is 4.98 Å². The number of hydrogen-bond donors (Lipinski definition) is 1. The van der Waals surface area contributed by atoms with Gasteiger partial charge in [-0.2, -0.15) is 13.2 Å². The summed E-state index contributed by atoms with van der Waals surface area (Å²) in [6, 6.07) is 0.672. The number of hydrogen-bond acceptors (Lipinski definition) is 4. The molecule has 1 fully saturated rings. The number of pyridine rings is 1. The maximum absolute atomic E-state index is 12.6. The van der Waals surface area contributed by atoms with Gasteiger partial charge in [0.1, 0.15) is 5.82 Å². The molecule has 1 atom stereocenters. The monoisotopic (exact) mass is 276 g/mol. The van der Waals surface area contributed by atoms with Crippen LogP contribution < -0.4 is 4.90 Å². The summed E-state index contributed by atoms with van der Waals surface area (Å²) in [5, 5.41) is 9.03. The maximum atomic E-state index is 12.6. The van der Waals surface area contributed by atoms with E-state index in [0.717, 1.165) is 18.3 Å². The molecule has 0 bridgehead atoms. The lowest BCUT2D eigenvalue weighted by Gasteiger charge is -2.33. The molecule has 1 aliphatic rings. The van der Waals surface area contributed by atoms with Gasteiger partial charge in [-0.1, -0.05) is 0 Å². The minimum Gasteiger partial charge on any atom is -0.480 e. The number of rotatable bonds is 2. The molecule has 19 heavy (non-hydrogen) atoms. The lowest BCUT2D eigenvalue weighted by Crippen LogP contribution is -2.50. The largest absolute Gasteiger partial charge is 0.480 e. The molecule has 0 radical (unpaired) electrons. The van der Waals surface area contributed by atoms with Crippen LogP contribution in [-0.2, 0) is 15.7 Å². The SMILES string of the molecule is O=C(O)C1COCCN1c1cc(C(F)(F)F)ccn1. The minimum absolute atomic E-state index is 0.00877. The van der Waals surface area contributed by atoms with Gasteiger partial charge in [-0.15, -0.1) is 0 Å². The summed E-state index contributed by atoms with van der Waals surface area (Å²) < 4.78 is 42.8. The minimum atomic E-state index is -4.48. The summed E-state index contributed by atoms with van der Waals surface area (Å²) in [7, 11) is 0. The van der Waals surface area contributed by atoms with E-state index in [1.807, 2.05) is 0 Å². The van der Waals surface area contributed by atoms with Crippen molar-refractivity contribution in [2.75, 3.05) is 24.7 Å². The van der Waals surface area contributed by atoms with Crippen molar-refractivity contribution in [3.63, 3.8) is 0 Å². The zero-order valence-corrected chi connectivity index (χ0v) is 9.72. The Bertz CT molecular complexity index is 478. The highest BCUT2D eigenvalue weighted by Crippen LogP contribution is 2.31. The predicted octanol–water partition coefficient (Wildman–Crippen LogP) is 1.39. The molecule has 2 rings (SSSR count). The van der Waals surface area contributed by atoms with E-state index in [4.69, 9.17) is 9.84 Å². The van der Waals surface area contributed by atoms with E-state index in [9.17, 15) is 18.0 Å². The van der Waals surface area contributed by atoms with Gasteiger partial charge in [0.2, 0.25) is 0 Å². The number of nitrogens with zero attached hydrogens (tertiary/aromatic N) is 2. The summed E-state index contributed by atoms with van der Waals surface area (Å²) in [4.78, 5) is 16.2. The number of carboxylic acid groups (broad SMARTS) is 1. The molecule has 1 unspecified atom stereocenters. The smallest absolute Gasteiger partial charge is 0.416 e. The Labute approximate surface area is 106 Å². The van der Waals surface area contributed by atoms with Crippen LogP contribution in [-0.4, -0.2) is 41.9 Å². The summed E-state index contributed by atoms with van der Waals surface area (Å²) in [5.74, 6) is -1.16. The van der Waals surface area contributed by atoms with Crippen molar-refractivity contribution in [1.29, 1.82) is 0 Å². The second-order valence-electron chi connectivity index (χ2n) is 4.02. The van der Waals surface area contributed by atoms with E-state index in [-0.39, 0.29) is 25.6 Å². The Balaban J connectivity index is 2.32. The fraction of sp³-hybridized carbons (Fsp3) is 0.455. The van der Waals surface area contributed by atoms with Crippen molar-refractivity contribution in [2.45, 2.75) is 12.2 Å². The van der Waals surface area contributed by atoms with Gasteiger partial charge < -0.3 is 14.7 Å². The molecule has 1 aromatic rings. The molecular weight excluding hydrogens is 265 g/mol. The fourth-order valence-corrected chi connectivity index (χ4v) is 1.83. The summed E-state index contributed by atoms with van der Waals surface area (Å²) in [6.07, 6.45) is -3.46. The molecule has 0 aromatic carbocycles. The number of halogens is 3. The highest BCUT2D eigenvalue weighted by molar-refractivity contribution is 5.78. The molecule has 1 saturated heterocycles. The van der Waals surface area contributed by atoms with Crippen molar-refractivity contribution in [3.8, 4) is 0 Å². The van der Waals surface area contributed by atoms with Crippen LogP contribution in [0.25, 0.3) is 0 Å². The lowest BCUT2D eigenvalue weighted by atomic mass is 10.2. The van der Waals surface area contributed by atoms with Gasteiger partial charge in [-0.3, -0.25) is 0 Å². The average molecular weight is 276 g/mol. The zero-order valence-electron chi connectivity index (χ0n) is 9.72. The number of alkyl halides is 3. The molecular formula is C11H11F3N2O3. The first-order valence-electron chi connectivity index (χ1n) is 5.50. The molecule has 1 N–H and O–H groups in total. The number of morpholine rings is 1. The van der Waals surface area contributed by atoms with Gasteiger partial charge >= 0.3 is 12.1 Å². The highest BCUT2D eigenvalue weighted by Gasteiger charge is 2.34. The number of aliphatic carboxylic acids is 1. The van der Waals surface area contributed by atoms with E-state index in [0.29, 0.717) is 0 Å². The van der Waals surface area contributed by atoms with E-state index in [1.54, 1.807) is 0 Å². The summed E-state index contributed by atoms with van der Waals surface area (Å²) >= 11 is 0. The summed E-state index contributed by atoms with van der Waals surface area (Å²) in [6.45, 7) is 0.361. The average Bonchev–Trinajstić information content (AvgIpc) is 2.38. The third kappa shape index (κ3) is 2.95. The molecule has 0 saturated carbocycles. The van der Waals surface area contributed by atoms with Crippen LogP contribution in [0.1, 0.15) is 5.56 Å². The van der Waals surface area contributed by atoms with Crippen molar-refractivity contribution < 1.29 is 27.8 Å². The Morgan fingerprint density at radius 2 is 2.26 bits per heavy atom. The standard InChI is InChI=1S/C11H11F3N2O3/c12-11(13,14)7-1-2-15-9(5-7)16-3-4-19-6-8(16)10(17)18/h1-2,5,8H,3-4,6H2,(H,17,18). The third-order valence-electron chi connectivity index (χ3n) is 2.78. The maximum Gasteiger partial charge on any atom is 0.416 e. The predicted molar refractivity (Wildman–Crippen MR) is 58.8 cm³/mol. The Kier molecular flexibility index (Phi) is 3.61. The lowest BCUT2D eigenvalue weighted by molar-refractivity contribution is -0.141. The zero-order chi connectivity index (χ0) is 14.0. The molecule has 5 nitrogen and oxygen atoms in total. The van der Waals surface area contributed by atoms with E-state index in [1.165, 1.54) is 4.90 Å². The van der Waals surface area contributed by atoms with Gasteiger partial charge in [0, 0.05) is 12.7 Å². The first kappa shape index (κ1) is 13.6. The van der Waals surface area contributed by atoms with Gasteiger partial charge in [-0.05, 0) is 12.1 Å². The topological polar surface area (TPSA) is 62.7 Å². The van der Waals surface area contributed by atoms with Gasteiger partial charge in [0.25, 0.3) is 0 Å². The van der Waals surface area contributed by atoms with Gasteiger partial charge in [0.05, 0.1) is 18.8 Å². The first-order chi connectivity index (χ1) is 8.89. The number of carboxylic acids is 1. The number of aromatic nitrogens is 1. The molecule has 8 heteroatoms. The molecule has 104 valence electrons. The van der Waals surface area contributed by atoms with Crippen molar-refractivity contribution in [2.24, 2.45) is 0 Å². The van der Waals surface area contributed by atoms with Gasteiger partial charge in [0.15, 0.2) is 6.04 Å². The number of ether oxygens (including phenoxy) is 1. The van der Waals surface area contributed by atoms with Crippen LogP contribution >= 0.6 is 0 Å². The van der Waals surface area contributed by atoms with Crippen molar-refractivity contribution in [1.82, 2.24) is 4.98 Å². The molecule has 1 aromatic heterocycles. The number of carbonyl (C=O) groups is 1. The van der Waals surface area contributed by atoms with Crippen LogP contribution in [0.5, 0.6) is 0 Å². The van der Waals surface area contributed by atoms with Crippen LogP contribution in [0.2, 0.25) is 0 Å². The Hall–Kier alpha value is -1.83. The van der Waals surface area contributed by atoms with Crippen molar-refractivity contribution in [3.05, 3.63) is 23.9 Å².